The lowest BCUT2D eigenvalue weighted by atomic mass is 10.1. The van der Waals surface area contributed by atoms with Crippen molar-refractivity contribution in [2.24, 2.45) is 0 Å². The van der Waals surface area contributed by atoms with Crippen LogP contribution in [0.3, 0.4) is 0 Å². The first-order valence-corrected chi connectivity index (χ1v) is 7.63. The molecule has 1 aromatic carbocycles. The molecule has 0 amide bonds. The maximum absolute atomic E-state index is 5.83. The van der Waals surface area contributed by atoms with Crippen LogP contribution in [0.1, 0.15) is 23.4 Å². The molecule has 4 heteroatoms. The Morgan fingerprint density at radius 3 is 2.75 bits per heavy atom. The van der Waals surface area contributed by atoms with Crippen LogP contribution in [0.25, 0.3) is 0 Å². The molecule has 2 rings (SSSR count). The monoisotopic (exact) mass is 291 g/mol. The van der Waals surface area contributed by atoms with E-state index >= 15 is 0 Å². The van der Waals surface area contributed by atoms with Crippen molar-refractivity contribution in [3.05, 3.63) is 46.2 Å². The fraction of sp³-hybridized carbons (Fsp3) is 0.375. The third-order valence-corrected chi connectivity index (χ3v) is 4.24. The predicted octanol–water partition coefficient (Wildman–Crippen LogP) is 3.66. The number of thiophene rings is 1. The van der Waals surface area contributed by atoms with Gasteiger partial charge in [-0.2, -0.15) is 0 Å². The molecule has 0 fully saturated rings. The minimum atomic E-state index is 0.295. The number of ether oxygens (including phenoxy) is 2. The van der Waals surface area contributed by atoms with Gasteiger partial charge < -0.3 is 14.8 Å². The molecule has 1 atom stereocenters. The standard InChI is InChI=1S/C16H21NO2S/c1-12(17-2)13-6-7-15(16(11-13)18-3)19-9-8-14-5-4-10-20-14/h4-7,10-12,17H,8-9H2,1-3H3. The van der Waals surface area contributed by atoms with E-state index in [-0.39, 0.29) is 0 Å². The van der Waals surface area contributed by atoms with Gasteiger partial charge in [0.2, 0.25) is 0 Å². The van der Waals surface area contributed by atoms with Gasteiger partial charge in [-0.25, -0.2) is 0 Å². The van der Waals surface area contributed by atoms with Gasteiger partial charge in [0.05, 0.1) is 13.7 Å². The molecule has 20 heavy (non-hydrogen) atoms. The second-order valence-corrected chi connectivity index (χ2v) is 5.63. The average molecular weight is 291 g/mol. The topological polar surface area (TPSA) is 30.5 Å². The summed E-state index contributed by atoms with van der Waals surface area (Å²) in [5, 5.41) is 5.31. The summed E-state index contributed by atoms with van der Waals surface area (Å²) >= 11 is 1.76. The number of benzene rings is 1. The van der Waals surface area contributed by atoms with Crippen molar-refractivity contribution in [2.45, 2.75) is 19.4 Å². The Morgan fingerprint density at radius 1 is 1.25 bits per heavy atom. The lowest BCUT2D eigenvalue weighted by molar-refractivity contribution is 0.298. The molecule has 2 aromatic rings. The van der Waals surface area contributed by atoms with E-state index in [1.165, 1.54) is 10.4 Å². The van der Waals surface area contributed by atoms with Gasteiger partial charge >= 0.3 is 0 Å². The highest BCUT2D eigenvalue weighted by Crippen LogP contribution is 2.30. The van der Waals surface area contributed by atoms with Crippen LogP contribution < -0.4 is 14.8 Å². The fourth-order valence-corrected chi connectivity index (χ4v) is 2.65. The Labute approximate surface area is 124 Å². The molecule has 108 valence electrons. The first kappa shape index (κ1) is 14.9. The summed E-state index contributed by atoms with van der Waals surface area (Å²) in [5.41, 5.74) is 1.19. The van der Waals surface area contributed by atoms with Crippen LogP contribution >= 0.6 is 11.3 Å². The zero-order valence-electron chi connectivity index (χ0n) is 12.2. The van der Waals surface area contributed by atoms with Crippen molar-refractivity contribution in [3.63, 3.8) is 0 Å². The van der Waals surface area contributed by atoms with Crippen molar-refractivity contribution in [1.82, 2.24) is 5.32 Å². The molecule has 0 saturated heterocycles. The van der Waals surface area contributed by atoms with E-state index in [9.17, 15) is 0 Å². The normalized spacial score (nSPS) is 12.2. The van der Waals surface area contributed by atoms with Crippen molar-refractivity contribution in [1.29, 1.82) is 0 Å². The molecule has 3 nitrogen and oxygen atoms in total. The number of rotatable bonds is 7. The Balaban J connectivity index is 2.00. The minimum Gasteiger partial charge on any atom is -0.493 e. The van der Waals surface area contributed by atoms with Crippen molar-refractivity contribution in [2.75, 3.05) is 20.8 Å². The van der Waals surface area contributed by atoms with Gasteiger partial charge in [0, 0.05) is 17.3 Å². The first-order valence-electron chi connectivity index (χ1n) is 6.75. The van der Waals surface area contributed by atoms with Gasteiger partial charge in [0.1, 0.15) is 0 Å². The van der Waals surface area contributed by atoms with Crippen LogP contribution in [0.2, 0.25) is 0 Å². The van der Waals surface area contributed by atoms with E-state index in [2.05, 4.69) is 35.8 Å². The molecule has 0 saturated carbocycles. The largest absolute Gasteiger partial charge is 0.493 e. The molecule has 0 aliphatic heterocycles. The number of methoxy groups -OCH3 is 1. The summed E-state index contributed by atoms with van der Waals surface area (Å²) in [6, 6.07) is 10.6. The van der Waals surface area contributed by atoms with E-state index < -0.39 is 0 Å². The average Bonchev–Trinajstić information content (AvgIpc) is 3.00. The predicted molar refractivity (Wildman–Crippen MR) is 84.0 cm³/mol. The van der Waals surface area contributed by atoms with Crippen LogP contribution in [0.15, 0.2) is 35.7 Å². The molecule has 1 aromatic heterocycles. The lowest BCUT2D eigenvalue weighted by Crippen LogP contribution is -2.12. The third kappa shape index (κ3) is 3.74. The summed E-state index contributed by atoms with van der Waals surface area (Å²) < 4.78 is 11.2. The van der Waals surface area contributed by atoms with Crippen LogP contribution in [0.4, 0.5) is 0 Å². The van der Waals surface area contributed by atoms with E-state index in [0.717, 1.165) is 17.9 Å². The minimum absolute atomic E-state index is 0.295. The summed E-state index contributed by atoms with van der Waals surface area (Å²) in [5.74, 6) is 1.59. The molecule has 0 spiro atoms. The van der Waals surface area contributed by atoms with Crippen LogP contribution in [0, 0.1) is 0 Å². The number of nitrogens with one attached hydrogen (secondary N) is 1. The van der Waals surface area contributed by atoms with E-state index in [1.807, 2.05) is 19.2 Å². The van der Waals surface area contributed by atoms with E-state index in [0.29, 0.717) is 12.6 Å². The summed E-state index contributed by atoms with van der Waals surface area (Å²) in [6.07, 6.45) is 0.926. The molecule has 1 N–H and O–H groups in total. The Morgan fingerprint density at radius 2 is 2.10 bits per heavy atom. The quantitative estimate of drug-likeness (QED) is 0.844. The highest BCUT2D eigenvalue weighted by atomic mass is 32.1. The van der Waals surface area contributed by atoms with Crippen molar-refractivity contribution >= 4 is 11.3 Å². The Kier molecular flexibility index (Phi) is 5.44. The van der Waals surface area contributed by atoms with Gasteiger partial charge in [-0.05, 0) is 43.1 Å². The highest BCUT2D eigenvalue weighted by molar-refractivity contribution is 7.09. The molecule has 1 unspecified atom stereocenters. The molecule has 0 bridgehead atoms. The third-order valence-electron chi connectivity index (χ3n) is 3.31. The van der Waals surface area contributed by atoms with E-state index in [4.69, 9.17) is 9.47 Å². The zero-order valence-corrected chi connectivity index (χ0v) is 13.0. The maximum Gasteiger partial charge on any atom is 0.161 e. The Hall–Kier alpha value is -1.52. The zero-order chi connectivity index (χ0) is 14.4. The van der Waals surface area contributed by atoms with Gasteiger partial charge in [-0.1, -0.05) is 12.1 Å². The second-order valence-electron chi connectivity index (χ2n) is 4.60. The number of hydrogen-bond donors (Lipinski definition) is 1. The van der Waals surface area contributed by atoms with Gasteiger partial charge in [0.15, 0.2) is 11.5 Å². The van der Waals surface area contributed by atoms with E-state index in [1.54, 1.807) is 18.4 Å². The molecular weight excluding hydrogens is 270 g/mol. The van der Waals surface area contributed by atoms with Crippen LogP contribution in [-0.2, 0) is 6.42 Å². The molecule has 0 aliphatic carbocycles. The fourth-order valence-electron chi connectivity index (χ4n) is 1.96. The van der Waals surface area contributed by atoms with Gasteiger partial charge in [-0.15, -0.1) is 11.3 Å². The van der Waals surface area contributed by atoms with Gasteiger partial charge in [0.25, 0.3) is 0 Å². The smallest absolute Gasteiger partial charge is 0.161 e. The molecule has 0 aliphatic rings. The molecule has 1 heterocycles. The van der Waals surface area contributed by atoms with Crippen molar-refractivity contribution < 1.29 is 9.47 Å². The Bertz CT molecular complexity index is 525. The molecule has 0 radical (unpaired) electrons. The van der Waals surface area contributed by atoms with Gasteiger partial charge in [-0.3, -0.25) is 0 Å². The molecular formula is C16H21NO2S. The highest BCUT2D eigenvalue weighted by Gasteiger charge is 2.09. The van der Waals surface area contributed by atoms with Crippen molar-refractivity contribution in [3.8, 4) is 11.5 Å². The summed E-state index contributed by atoms with van der Waals surface area (Å²) in [4.78, 5) is 1.34. The SMILES string of the molecule is CNC(C)c1ccc(OCCc2cccs2)c(OC)c1. The second kappa shape index (κ2) is 7.31. The maximum atomic E-state index is 5.83. The number of hydrogen-bond acceptors (Lipinski definition) is 4. The lowest BCUT2D eigenvalue weighted by Gasteiger charge is -2.15. The van der Waals surface area contributed by atoms with Crippen LogP contribution in [-0.4, -0.2) is 20.8 Å². The summed E-state index contributed by atoms with van der Waals surface area (Å²) in [7, 11) is 3.62. The summed E-state index contributed by atoms with van der Waals surface area (Å²) in [6.45, 7) is 2.78. The van der Waals surface area contributed by atoms with Crippen LogP contribution in [0.5, 0.6) is 11.5 Å². The first-order chi connectivity index (χ1) is 9.74.